The van der Waals surface area contributed by atoms with Crippen LogP contribution in [0.15, 0.2) is 30.3 Å². The number of anilines is 2. The van der Waals surface area contributed by atoms with Gasteiger partial charge in [0.2, 0.25) is 16.5 Å². The van der Waals surface area contributed by atoms with Gasteiger partial charge in [-0.25, -0.2) is 0 Å². The average molecular weight is 335 g/mol. The summed E-state index contributed by atoms with van der Waals surface area (Å²) in [7, 11) is -4.31. The van der Waals surface area contributed by atoms with Crippen LogP contribution in [-0.4, -0.2) is 33.8 Å². The van der Waals surface area contributed by atoms with Gasteiger partial charge in [0.1, 0.15) is 0 Å². The fraction of sp³-hybridized carbons (Fsp3) is 0.100. The monoisotopic (exact) mass is 334 g/mol. The molecule has 1 aromatic carbocycles. The van der Waals surface area contributed by atoms with Gasteiger partial charge in [0.25, 0.3) is 10.1 Å². The largest absolute Gasteiger partial charge is 0.293 e. The summed E-state index contributed by atoms with van der Waals surface area (Å²) in [5.74, 6) is -0.827. The molecule has 10 heteroatoms. The minimum Gasteiger partial charge on any atom is -0.293 e. The van der Waals surface area contributed by atoms with Gasteiger partial charge in [-0.1, -0.05) is 18.2 Å². The molecule has 2 rings (SSSR count). The summed E-state index contributed by atoms with van der Waals surface area (Å²) in [6.45, 7) is 0. The van der Waals surface area contributed by atoms with Crippen LogP contribution in [0.25, 0.3) is 0 Å². The molecule has 1 aromatic heterocycles. The second-order valence-electron chi connectivity index (χ2n) is 3.65. The topological polar surface area (TPSA) is 96.3 Å². The van der Waals surface area contributed by atoms with Gasteiger partial charge < -0.3 is 0 Å². The van der Waals surface area contributed by atoms with Crippen LogP contribution in [0.4, 0.5) is 11.6 Å². The van der Waals surface area contributed by atoms with Crippen LogP contribution >= 0.6 is 23.2 Å². The second-order valence-corrected chi connectivity index (χ2v) is 5.75. The standard InChI is InChI=1S/C10H8Cl2N4O3S/c11-8-13-9(12)15-10(14-8)16(6-20(17,18)19)7-4-2-1-3-5-7/h1-5H,6H2,(H,17,18,19). The van der Waals surface area contributed by atoms with Crippen molar-refractivity contribution in [3.8, 4) is 0 Å². The molecule has 0 saturated carbocycles. The number of hydrogen-bond acceptors (Lipinski definition) is 6. The lowest BCUT2D eigenvalue weighted by Gasteiger charge is -2.20. The van der Waals surface area contributed by atoms with E-state index in [4.69, 9.17) is 27.8 Å². The molecule has 0 aliphatic carbocycles. The molecule has 20 heavy (non-hydrogen) atoms. The van der Waals surface area contributed by atoms with Crippen molar-refractivity contribution in [3.63, 3.8) is 0 Å². The molecule has 0 radical (unpaired) electrons. The Bertz CT molecular complexity index is 691. The molecule has 0 aliphatic heterocycles. The highest BCUT2D eigenvalue weighted by atomic mass is 35.5. The van der Waals surface area contributed by atoms with E-state index in [1.165, 1.54) is 0 Å². The molecule has 0 saturated heterocycles. The molecular formula is C10H8Cl2N4O3S. The Morgan fingerprint density at radius 3 is 2.10 bits per heavy atom. The minimum atomic E-state index is -4.31. The summed E-state index contributed by atoms with van der Waals surface area (Å²) >= 11 is 11.3. The van der Waals surface area contributed by atoms with Crippen molar-refractivity contribution in [1.82, 2.24) is 15.0 Å². The molecular weight excluding hydrogens is 327 g/mol. The summed E-state index contributed by atoms with van der Waals surface area (Å²) in [5.41, 5.74) is 0.448. The van der Waals surface area contributed by atoms with E-state index in [-0.39, 0.29) is 16.5 Å². The van der Waals surface area contributed by atoms with Crippen molar-refractivity contribution >= 4 is 45.0 Å². The first kappa shape index (κ1) is 14.9. The third kappa shape index (κ3) is 4.01. The predicted molar refractivity (Wildman–Crippen MR) is 74.8 cm³/mol. The molecule has 1 heterocycles. The van der Waals surface area contributed by atoms with Crippen molar-refractivity contribution in [2.24, 2.45) is 0 Å². The summed E-state index contributed by atoms with van der Waals surface area (Å²) < 4.78 is 31.3. The quantitative estimate of drug-likeness (QED) is 0.855. The highest BCUT2D eigenvalue weighted by Gasteiger charge is 2.20. The molecule has 1 N–H and O–H groups in total. The number of halogens is 2. The van der Waals surface area contributed by atoms with E-state index in [9.17, 15) is 8.42 Å². The summed E-state index contributed by atoms with van der Waals surface area (Å²) in [5, 5.41) is -0.368. The molecule has 7 nitrogen and oxygen atoms in total. The number of benzene rings is 1. The lowest BCUT2D eigenvalue weighted by molar-refractivity contribution is 0.483. The van der Waals surface area contributed by atoms with Crippen LogP contribution in [0.1, 0.15) is 0 Å². The summed E-state index contributed by atoms with van der Waals surface area (Å²) in [6.07, 6.45) is 0. The third-order valence-electron chi connectivity index (χ3n) is 2.17. The first-order chi connectivity index (χ1) is 9.35. The lowest BCUT2D eigenvalue weighted by Crippen LogP contribution is -2.26. The summed E-state index contributed by atoms with van der Waals surface area (Å²) in [6, 6.07) is 8.38. The zero-order valence-electron chi connectivity index (χ0n) is 9.81. The highest BCUT2D eigenvalue weighted by molar-refractivity contribution is 7.85. The van der Waals surface area contributed by atoms with Crippen molar-refractivity contribution in [2.75, 3.05) is 10.8 Å². The number of para-hydroxylation sites is 1. The van der Waals surface area contributed by atoms with E-state index < -0.39 is 16.0 Å². The Kier molecular flexibility index (Phi) is 4.39. The molecule has 2 aromatic rings. The Morgan fingerprint density at radius 2 is 1.60 bits per heavy atom. The van der Waals surface area contributed by atoms with E-state index in [1.807, 2.05) is 0 Å². The van der Waals surface area contributed by atoms with Gasteiger partial charge in [-0.05, 0) is 35.3 Å². The zero-order chi connectivity index (χ0) is 14.8. The zero-order valence-corrected chi connectivity index (χ0v) is 12.1. The third-order valence-corrected chi connectivity index (χ3v) is 3.09. The predicted octanol–water partition coefficient (Wildman–Crippen LogP) is 2.16. The Morgan fingerprint density at radius 1 is 1.05 bits per heavy atom. The molecule has 106 valence electrons. The first-order valence-electron chi connectivity index (χ1n) is 5.20. The van der Waals surface area contributed by atoms with Gasteiger partial charge >= 0.3 is 0 Å². The number of hydrogen-bond donors (Lipinski definition) is 1. The lowest BCUT2D eigenvalue weighted by atomic mass is 10.3. The maximum Gasteiger partial charge on any atom is 0.283 e. The van der Waals surface area contributed by atoms with Gasteiger partial charge in [0.15, 0.2) is 5.88 Å². The number of rotatable bonds is 4. The molecule has 0 unspecified atom stereocenters. The maximum atomic E-state index is 11.1. The van der Waals surface area contributed by atoms with E-state index in [2.05, 4.69) is 15.0 Å². The van der Waals surface area contributed by atoms with Crippen LogP contribution in [-0.2, 0) is 10.1 Å². The van der Waals surface area contributed by atoms with Gasteiger partial charge in [0, 0.05) is 5.69 Å². The average Bonchev–Trinajstić information content (AvgIpc) is 2.35. The van der Waals surface area contributed by atoms with Crippen molar-refractivity contribution in [2.45, 2.75) is 0 Å². The fourth-order valence-electron chi connectivity index (χ4n) is 1.46. The van der Waals surface area contributed by atoms with Crippen molar-refractivity contribution in [1.29, 1.82) is 0 Å². The van der Waals surface area contributed by atoms with Crippen LogP contribution < -0.4 is 4.90 Å². The normalized spacial score (nSPS) is 11.3. The minimum absolute atomic E-state index is 0.0844. The van der Waals surface area contributed by atoms with Crippen LogP contribution in [0.2, 0.25) is 10.6 Å². The first-order valence-corrected chi connectivity index (χ1v) is 7.56. The van der Waals surface area contributed by atoms with E-state index in [0.717, 1.165) is 4.90 Å². The molecule has 0 fully saturated rings. The molecule has 0 aliphatic rings. The second kappa shape index (κ2) is 5.88. The van der Waals surface area contributed by atoms with Gasteiger partial charge in [-0.15, -0.1) is 0 Å². The van der Waals surface area contributed by atoms with Gasteiger partial charge in [0.05, 0.1) is 0 Å². The SMILES string of the molecule is O=S(=O)(O)CN(c1ccccc1)c1nc(Cl)nc(Cl)n1. The van der Waals surface area contributed by atoms with Gasteiger partial charge in [-0.3, -0.25) is 9.45 Å². The van der Waals surface area contributed by atoms with Crippen LogP contribution in [0, 0.1) is 0 Å². The molecule has 0 spiro atoms. The summed E-state index contributed by atoms with van der Waals surface area (Å²) in [4.78, 5) is 12.3. The van der Waals surface area contributed by atoms with Crippen LogP contribution in [0.3, 0.4) is 0 Å². The number of aromatic nitrogens is 3. The van der Waals surface area contributed by atoms with Crippen molar-refractivity contribution < 1.29 is 13.0 Å². The fourth-order valence-corrected chi connectivity index (χ4v) is 2.40. The Hall–Kier alpha value is -1.48. The smallest absolute Gasteiger partial charge is 0.283 e. The maximum absolute atomic E-state index is 11.1. The van der Waals surface area contributed by atoms with Crippen LogP contribution in [0.5, 0.6) is 0 Å². The molecule has 0 atom stereocenters. The number of nitrogens with zero attached hydrogens (tertiary/aromatic N) is 4. The van der Waals surface area contributed by atoms with Gasteiger partial charge in [-0.2, -0.15) is 23.4 Å². The Balaban J connectivity index is 2.51. The van der Waals surface area contributed by atoms with E-state index in [0.29, 0.717) is 5.69 Å². The highest BCUT2D eigenvalue weighted by Crippen LogP contribution is 2.24. The van der Waals surface area contributed by atoms with E-state index in [1.54, 1.807) is 30.3 Å². The molecule has 0 bridgehead atoms. The molecule has 0 amide bonds. The Labute approximate surface area is 125 Å². The van der Waals surface area contributed by atoms with Crippen molar-refractivity contribution in [3.05, 3.63) is 40.9 Å². The van der Waals surface area contributed by atoms with E-state index >= 15 is 0 Å².